The number of carbonyl (C=O) groups is 2. The lowest BCUT2D eigenvalue weighted by atomic mass is 10.1. The zero-order chi connectivity index (χ0) is 50.4. The van der Waals surface area contributed by atoms with E-state index in [0.717, 1.165) is 43.2 Å². The molecule has 0 spiro atoms. The van der Waals surface area contributed by atoms with Crippen LogP contribution in [0.3, 0.4) is 0 Å². The van der Waals surface area contributed by atoms with Crippen molar-refractivity contribution in [1.29, 1.82) is 0 Å². The van der Waals surface area contributed by atoms with Gasteiger partial charge in [-0.25, -0.2) is 9.05 Å². The Morgan fingerprint density at radius 2 is 1.00 bits per heavy atom. The minimum atomic E-state index is -1.69. The van der Waals surface area contributed by atoms with Crippen LogP contribution in [0.4, 0.5) is 5.69 Å². The van der Waals surface area contributed by atoms with Crippen molar-refractivity contribution in [2.45, 2.75) is 139 Å². The number of pyridine rings is 2. The molecule has 2 aromatic heterocycles. The van der Waals surface area contributed by atoms with Gasteiger partial charge in [0.25, 0.3) is 11.1 Å². The van der Waals surface area contributed by atoms with Gasteiger partial charge in [-0.3, -0.25) is 32.5 Å². The van der Waals surface area contributed by atoms with E-state index in [2.05, 4.69) is 11.4 Å². The molecule has 2 unspecified atom stereocenters. The van der Waals surface area contributed by atoms with Gasteiger partial charge in [0.1, 0.15) is 0 Å². The third-order valence-electron chi connectivity index (χ3n) is 12.3. The van der Waals surface area contributed by atoms with E-state index >= 15 is 0 Å². The van der Waals surface area contributed by atoms with Crippen molar-refractivity contribution in [1.82, 2.24) is 9.13 Å². The number of rotatable bonds is 31. The van der Waals surface area contributed by atoms with E-state index in [1.165, 1.54) is 59.8 Å². The fourth-order valence-corrected chi connectivity index (χ4v) is 10.7. The number of hydrogen-bond donors (Lipinski definition) is 0. The molecule has 0 N–H and O–H groups in total. The number of carbonyl (C=O) groups excluding carboxylic acids is 2. The molecule has 2 heterocycles. The molecule has 5 aromatic rings. The molecule has 11 nitrogen and oxygen atoms in total. The maximum atomic E-state index is 13.8. The Labute approximate surface area is 419 Å². The summed E-state index contributed by atoms with van der Waals surface area (Å²) >= 11 is 0. The topological polar surface area (TPSA) is 135 Å². The van der Waals surface area contributed by atoms with Crippen molar-refractivity contribution in [3.63, 3.8) is 0 Å². The molecule has 0 radical (unpaired) electrons. The number of aromatic nitrogens is 2. The Hall–Kier alpha value is -5.65. The van der Waals surface area contributed by atoms with Gasteiger partial charge in [0, 0.05) is 72.7 Å². The number of ketones is 2. The molecule has 0 aliphatic carbocycles. The molecular formula is C57H69N3O8S2. The lowest BCUT2D eigenvalue weighted by Crippen LogP contribution is -2.28. The van der Waals surface area contributed by atoms with Crippen LogP contribution in [0.1, 0.15) is 140 Å². The molecule has 372 valence electrons. The number of unbranched alkanes of at least 4 members (excludes halogenated alkanes) is 10. The molecule has 3 aromatic carbocycles. The van der Waals surface area contributed by atoms with Crippen molar-refractivity contribution in [2.75, 3.05) is 32.2 Å². The van der Waals surface area contributed by atoms with Crippen LogP contribution in [0.2, 0.25) is 0 Å². The summed E-state index contributed by atoms with van der Waals surface area (Å²) < 4.78 is 41.5. The number of hydrogen-bond acceptors (Lipinski definition) is 8. The van der Waals surface area contributed by atoms with Gasteiger partial charge in [-0.15, -0.1) is 6.58 Å². The Morgan fingerprint density at radius 1 is 0.586 bits per heavy atom. The van der Waals surface area contributed by atoms with Crippen LogP contribution in [0, 0.1) is 34.3 Å². The van der Waals surface area contributed by atoms with Crippen LogP contribution in [0.25, 0.3) is 16.2 Å². The largest absolute Gasteiger partial charge is 0.381 e. The molecule has 0 saturated heterocycles. The van der Waals surface area contributed by atoms with Gasteiger partial charge in [-0.2, -0.15) is 0 Å². The van der Waals surface area contributed by atoms with Gasteiger partial charge in [0.15, 0.2) is 17.3 Å². The zero-order valence-corrected chi connectivity index (χ0v) is 43.1. The summed E-state index contributed by atoms with van der Waals surface area (Å²) in [6, 6.07) is 24.4. The van der Waals surface area contributed by atoms with Crippen molar-refractivity contribution >= 4 is 38.9 Å². The summed E-state index contributed by atoms with van der Waals surface area (Å²) in [5.41, 5.74) is 3.86. The molecule has 0 bridgehead atoms. The minimum Gasteiger partial charge on any atom is -0.381 e. The third kappa shape index (κ3) is 15.9. The predicted molar refractivity (Wildman–Crippen MR) is 281 cm³/mol. The van der Waals surface area contributed by atoms with Gasteiger partial charge in [-0.05, 0) is 101 Å². The fraction of sp³-hybridized carbons (Fsp3) is 0.421. The monoisotopic (exact) mass is 987 g/mol. The molecule has 70 heavy (non-hydrogen) atoms. The maximum absolute atomic E-state index is 13.8. The van der Waals surface area contributed by atoms with Crippen molar-refractivity contribution in [2.24, 2.45) is 0 Å². The van der Waals surface area contributed by atoms with Crippen molar-refractivity contribution < 1.29 is 27.5 Å². The van der Waals surface area contributed by atoms with E-state index in [4.69, 9.17) is 16.0 Å². The Morgan fingerprint density at radius 3 is 1.43 bits per heavy atom. The van der Waals surface area contributed by atoms with E-state index in [0.29, 0.717) is 82.4 Å². The summed E-state index contributed by atoms with van der Waals surface area (Å²) in [4.78, 5) is 59.0. The molecule has 0 aliphatic rings. The van der Waals surface area contributed by atoms with Crippen LogP contribution >= 0.6 is 0 Å². The summed E-state index contributed by atoms with van der Waals surface area (Å²) in [5, 5.41) is 0. The molecule has 0 fully saturated rings. The highest BCUT2D eigenvalue weighted by Gasteiger charge is 2.23. The van der Waals surface area contributed by atoms with Gasteiger partial charge < -0.3 is 9.47 Å². The smallest absolute Gasteiger partial charge is 0.266 e. The first kappa shape index (κ1) is 55.3. The van der Waals surface area contributed by atoms with Crippen molar-refractivity contribution in [3.05, 3.63) is 163 Å². The van der Waals surface area contributed by atoms with Crippen LogP contribution < -0.4 is 11.1 Å². The number of ether oxygens (including phenoxy) is 2. The van der Waals surface area contributed by atoms with Gasteiger partial charge in [0.2, 0.25) is 0 Å². The van der Waals surface area contributed by atoms with Crippen LogP contribution in [0.5, 0.6) is 0 Å². The van der Waals surface area contributed by atoms with Crippen LogP contribution in [0.15, 0.2) is 122 Å². The average molecular weight is 988 g/mol. The highest BCUT2D eigenvalue weighted by molar-refractivity contribution is 7.85. The second-order valence-corrected chi connectivity index (χ2v) is 20.7. The molecule has 13 heteroatoms. The predicted octanol–water partition coefficient (Wildman–Crippen LogP) is 12.2. The van der Waals surface area contributed by atoms with Gasteiger partial charge >= 0.3 is 0 Å². The second-order valence-electron chi connectivity index (χ2n) is 17.8. The first-order valence-electron chi connectivity index (χ1n) is 24.6. The van der Waals surface area contributed by atoms with E-state index in [1.807, 2.05) is 56.3 Å². The quantitative estimate of drug-likeness (QED) is 0.0185. The Kier molecular flexibility index (Phi) is 22.8. The first-order valence-corrected chi connectivity index (χ1v) is 27.1. The molecule has 2 atom stereocenters. The molecule has 0 amide bonds. The molecule has 0 aliphatic heterocycles. The third-order valence-corrected chi connectivity index (χ3v) is 15.2. The van der Waals surface area contributed by atoms with E-state index < -0.39 is 32.7 Å². The standard InChI is InChI=1S/C57H69N3O8S2/c1-7-37-69(65)54-40-50(56(63)59(44(54)4)47-25-19-23-42(2)38-47)52(61)27-21-35-67-33-17-15-13-11-9-8-10-12-14-16-18-34-68-36-22-28-53(62)51-41-55(70(66)49-31-29-46(58-6)30-32-49)45(5)60(57(51)64)48-26-20-24-43(3)39-48/h7,19-20,23-26,29-32,38-41H,1,8-18,21-22,27-28,33-37H2,2-5H3. The van der Waals surface area contributed by atoms with Gasteiger partial charge in [0.05, 0.1) is 49.1 Å². The average Bonchev–Trinajstić information content (AvgIpc) is 3.34. The Balaban J connectivity index is 0.907. The van der Waals surface area contributed by atoms with E-state index in [9.17, 15) is 27.6 Å². The first-order chi connectivity index (χ1) is 33.9. The molecular weight excluding hydrogens is 919 g/mol. The minimum absolute atomic E-state index is 0.00256. The molecule has 5 rings (SSSR count). The zero-order valence-electron chi connectivity index (χ0n) is 41.4. The van der Waals surface area contributed by atoms with Gasteiger partial charge in [-0.1, -0.05) is 112 Å². The maximum Gasteiger partial charge on any atom is 0.266 e. The fourth-order valence-electron chi connectivity index (χ4n) is 8.44. The number of aryl methyl sites for hydroxylation is 2. The lowest BCUT2D eigenvalue weighted by molar-refractivity contribution is 0.0926. The SMILES string of the molecule is [C-]#[N+]c1ccc(S(=O)c2cc(C(=O)CCCOCCCCCCCCCCCCCOCCCC(=O)c3cc(S(=O)CC=C)c(C)n(-c4cccc(C)c4)c3=O)c(=O)n(-c3cccc(C)c3)c2C)cc1. The second kappa shape index (κ2) is 28.9. The Bertz CT molecular complexity index is 2790. The summed E-state index contributed by atoms with van der Waals surface area (Å²) in [7, 11) is -3.12. The summed E-state index contributed by atoms with van der Waals surface area (Å²) in [6.45, 7) is 20.4. The normalized spacial score (nSPS) is 12.1. The molecule has 0 saturated carbocycles. The highest BCUT2D eigenvalue weighted by Crippen LogP contribution is 2.26. The van der Waals surface area contributed by atoms with Crippen LogP contribution in [-0.4, -0.2) is 61.3 Å². The summed E-state index contributed by atoms with van der Waals surface area (Å²) in [5.74, 6) is -0.359. The number of nitrogens with zero attached hydrogens (tertiary/aromatic N) is 3. The highest BCUT2D eigenvalue weighted by atomic mass is 32.2. The number of Topliss-reactive ketones (excluding diaryl/α,β-unsaturated/α-hetero) is 2. The van der Waals surface area contributed by atoms with E-state index in [1.54, 1.807) is 50.3 Å². The van der Waals surface area contributed by atoms with Crippen LogP contribution in [-0.2, 0) is 31.1 Å². The lowest BCUT2D eigenvalue weighted by Gasteiger charge is -2.17. The number of benzene rings is 3. The summed E-state index contributed by atoms with van der Waals surface area (Å²) in [6.07, 6.45) is 15.4. The van der Waals surface area contributed by atoms with E-state index in [-0.39, 0.29) is 41.3 Å². The van der Waals surface area contributed by atoms with Crippen molar-refractivity contribution in [3.8, 4) is 11.4 Å².